The second-order valence-electron chi connectivity index (χ2n) is 2.57. The maximum Gasteiger partial charge on any atom is 0.124 e. The van der Waals surface area contributed by atoms with Gasteiger partial charge in [0.05, 0.1) is 11.9 Å². The van der Waals surface area contributed by atoms with Gasteiger partial charge >= 0.3 is 0 Å². The van der Waals surface area contributed by atoms with Crippen LogP contribution in [0.1, 0.15) is 31.9 Å². The highest BCUT2D eigenvalue weighted by molar-refractivity contribution is 9.10. The van der Waals surface area contributed by atoms with Gasteiger partial charge in [-0.25, -0.2) is 4.98 Å². The Labute approximate surface area is 75.2 Å². The molecular weight excluding hydrogens is 204 g/mol. The summed E-state index contributed by atoms with van der Waals surface area (Å²) < 4.78 is 0.796. The summed E-state index contributed by atoms with van der Waals surface area (Å²) in [4.78, 5) is 8.34. The molecule has 2 nitrogen and oxygen atoms in total. The van der Waals surface area contributed by atoms with Crippen molar-refractivity contribution in [2.45, 2.75) is 26.2 Å². The van der Waals surface area contributed by atoms with Crippen molar-refractivity contribution in [3.63, 3.8) is 0 Å². The quantitative estimate of drug-likeness (QED) is 0.757. The van der Waals surface area contributed by atoms with Gasteiger partial charge in [-0.05, 0) is 28.3 Å². The summed E-state index contributed by atoms with van der Waals surface area (Å²) in [5.41, 5.74) is 1.07. The maximum absolute atomic E-state index is 4.24. The molecule has 3 heteroatoms. The fraction of sp³-hybridized carbons (Fsp3) is 0.500. The van der Waals surface area contributed by atoms with Crippen molar-refractivity contribution >= 4 is 15.9 Å². The first kappa shape index (κ1) is 8.65. The van der Waals surface area contributed by atoms with Crippen LogP contribution >= 0.6 is 15.9 Å². The van der Waals surface area contributed by atoms with Gasteiger partial charge in [0.2, 0.25) is 0 Å². The number of hydrogen-bond donors (Lipinski definition) is 0. The van der Waals surface area contributed by atoms with E-state index in [1.165, 1.54) is 0 Å². The van der Waals surface area contributed by atoms with Gasteiger partial charge < -0.3 is 0 Å². The fourth-order valence-electron chi connectivity index (χ4n) is 0.786. The zero-order valence-corrected chi connectivity index (χ0v) is 8.30. The topological polar surface area (TPSA) is 25.8 Å². The minimum absolute atomic E-state index is 0.510. The Kier molecular flexibility index (Phi) is 3.00. The Morgan fingerprint density at radius 1 is 1.45 bits per heavy atom. The van der Waals surface area contributed by atoms with Crippen molar-refractivity contribution < 1.29 is 0 Å². The lowest BCUT2D eigenvalue weighted by Gasteiger charge is -2.05. The van der Waals surface area contributed by atoms with E-state index in [-0.39, 0.29) is 0 Å². The van der Waals surface area contributed by atoms with E-state index in [1.807, 2.05) is 6.20 Å². The zero-order valence-electron chi connectivity index (χ0n) is 6.71. The number of nitrogens with zero attached hydrogens (tertiary/aromatic N) is 2. The Bertz CT molecular complexity index is 220. The van der Waals surface area contributed by atoms with E-state index in [0.717, 1.165) is 16.7 Å². The lowest BCUT2D eigenvalue weighted by Crippen LogP contribution is -1.95. The lowest BCUT2D eigenvalue weighted by molar-refractivity contribution is 0.701. The molecule has 0 radical (unpaired) electrons. The second kappa shape index (κ2) is 3.81. The highest BCUT2D eigenvalue weighted by atomic mass is 79.9. The molecule has 1 aromatic rings. The molecule has 0 saturated heterocycles. The fourth-order valence-corrected chi connectivity index (χ4v) is 0.991. The Balaban J connectivity index is 2.81. The van der Waals surface area contributed by atoms with E-state index in [1.54, 1.807) is 6.20 Å². The first-order valence-electron chi connectivity index (χ1n) is 3.71. The molecule has 0 spiro atoms. The van der Waals surface area contributed by atoms with Crippen LogP contribution in [0.2, 0.25) is 0 Å². The molecule has 0 aliphatic rings. The molecule has 1 aromatic heterocycles. The molecule has 0 aliphatic carbocycles. The molecule has 0 amide bonds. The molecule has 0 N–H and O–H groups in total. The van der Waals surface area contributed by atoms with E-state index in [9.17, 15) is 0 Å². The van der Waals surface area contributed by atoms with Crippen molar-refractivity contribution in [1.82, 2.24) is 9.97 Å². The molecule has 0 aliphatic heterocycles. The molecule has 0 aromatic carbocycles. The second-order valence-corrected chi connectivity index (χ2v) is 3.39. The highest BCUT2D eigenvalue weighted by Gasteiger charge is 2.03. The monoisotopic (exact) mass is 214 g/mol. The molecule has 0 saturated carbocycles. The Morgan fingerprint density at radius 3 is 2.64 bits per heavy atom. The largest absolute Gasteiger partial charge is 0.257 e. The average molecular weight is 215 g/mol. The molecule has 60 valence electrons. The van der Waals surface area contributed by atoms with Gasteiger partial charge in [0, 0.05) is 6.20 Å². The predicted octanol–water partition coefficient (Wildman–Crippen LogP) is 2.75. The summed E-state index contributed by atoms with van der Waals surface area (Å²) in [6.07, 6.45) is 4.66. The van der Waals surface area contributed by atoms with Crippen LogP contribution in [0, 0.1) is 0 Å². The summed E-state index contributed by atoms with van der Waals surface area (Å²) >= 11 is 3.24. The molecule has 11 heavy (non-hydrogen) atoms. The van der Waals surface area contributed by atoms with Gasteiger partial charge in [0.1, 0.15) is 4.60 Å². The summed E-state index contributed by atoms with van der Waals surface area (Å²) in [5, 5.41) is 0. The SMILES string of the molecule is CCC(C)c1cnc(Br)cn1. The van der Waals surface area contributed by atoms with Gasteiger partial charge in [0.15, 0.2) is 0 Å². The van der Waals surface area contributed by atoms with Gasteiger partial charge in [0.25, 0.3) is 0 Å². The minimum Gasteiger partial charge on any atom is -0.257 e. The van der Waals surface area contributed by atoms with Crippen LogP contribution in [0.15, 0.2) is 17.0 Å². The number of rotatable bonds is 2. The Hall–Kier alpha value is -0.440. The first-order valence-corrected chi connectivity index (χ1v) is 4.50. The van der Waals surface area contributed by atoms with Crippen LogP contribution in [0.4, 0.5) is 0 Å². The number of aromatic nitrogens is 2. The minimum atomic E-state index is 0.510. The first-order chi connectivity index (χ1) is 5.24. The lowest BCUT2D eigenvalue weighted by atomic mass is 10.1. The normalized spacial score (nSPS) is 13.0. The molecule has 1 unspecified atom stereocenters. The average Bonchev–Trinajstić information content (AvgIpc) is 2.05. The van der Waals surface area contributed by atoms with Crippen LogP contribution in [0.3, 0.4) is 0 Å². The summed E-state index contributed by atoms with van der Waals surface area (Å²) in [6, 6.07) is 0. The van der Waals surface area contributed by atoms with E-state index in [2.05, 4.69) is 39.7 Å². The molecule has 1 atom stereocenters. The molecule has 0 fully saturated rings. The van der Waals surface area contributed by atoms with Gasteiger partial charge in [-0.15, -0.1) is 0 Å². The predicted molar refractivity (Wildman–Crippen MR) is 48.4 cm³/mol. The van der Waals surface area contributed by atoms with Crippen LogP contribution in [-0.2, 0) is 0 Å². The zero-order chi connectivity index (χ0) is 8.27. The van der Waals surface area contributed by atoms with Gasteiger partial charge in [-0.3, -0.25) is 4.98 Å². The van der Waals surface area contributed by atoms with E-state index < -0.39 is 0 Å². The van der Waals surface area contributed by atoms with Crippen molar-refractivity contribution in [2.24, 2.45) is 0 Å². The third-order valence-electron chi connectivity index (χ3n) is 1.76. The molecule has 0 bridgehead atoms. The maximum atomic E-state index is 4.24. The molecule has 1 heterocycles. The van der Waals surface area contributed by atoms with Crippen LogP contribution in [0.5, 0.6) is 0 Å². The third kappa shape index (κ3) is 2.26. The van der Waals surface area contributed by atoms with E-state index in [4.69, 9.17) is 0 Å². The summed E-state index contributed by atoms with van der Waals surface area (Å²) in [6.45, 7) is 4.30. The number of halogens is 1. The van der Waals surface area contributed by atoms with E-state index >= 15 is 0 Å². The summed E-state index contributed by atoms with van der Waals surface area (Å²) in [7, 11) is 0. The smallest absolute Gasteiger partial charge is 0.124 e. The molecular formula is C8H11BrN2. The van der Waals surface area contributed by atoms with Crippen LogP contribution in [0.25, 0.3) is 0 Å². The summed E-state index contributed by atoms with van der Waals surface area (Å²) in [5.74, 6) is 0.510. The van der Waals surface area contributed by atoms with Crippen molar-refractivity contribution in [3.05, 3.63) is 22.7 Å². The Morgan fingerprint density at radius 2 is 2.18 bits per heavy atom. The highest BCUT2D eigenvalue weighted by Crippen LogP contribution is 2.15. The standard InChI is InChI=1S/C8H11BrN2/c1-3-6(2)7-4-11-8(9)5-10-7/h4-6H,3H2,1-2H3. The number of hydrogen-bond acceptors (Lipinski definition) is 2. The van der Waals surface area contributed by atoms with Gasteiger partial charge in [-0.2, -0.15) is 0 Å². The van der Waals surface area contributed by atoms with Crippen molar-refractivity contribution in [1.29, 1.82) is 0 Å². The third-order valence-corrected chi connectivity index (χ3v) is 2.17. The van der Waals surface area contributed by atoms with Crippen molar-refractivity contribution in [2.75, 3.05) is 0 Å². The van der Waals surface area contributed by atoms with E-state index in [0.29, 0.717) is 5.92 Å². The van der Waals surface area contributed by atoms with Crippen LogP contribution in [-0.4, -0.2) is 9.97 Å². The molecule has 1 rings (SSSR count). The van der Waals surface area contributed by atoms with Crippen molar-refractivity contribution in [3.8, 4) is 0 Å². The van der Waals surface area contributed by atoms with Crippen LogP contribution < -0.4 is 0 Å². The van der Waals surface area contributed by atoms with Gasteiger partial charge in [-0.1, -0.05) is 13.8 Å².